The van der Waals surface area contributed by atoms with Crippen LogP contribution in [0.3, 0.4) is 0 Å². The Bertz CT molecular complexity index is 731. The van der Waals surface area contributed by atoms with Crippen LogP contribution in [0.15, 0.2) is 59.8 Å². The maximum atomic E-state index is 12.9. The molecule has 0 aliphatic heterocycles. The molecule has 23 heavy (non-hydrogen) atoms. The van der Waals surface area contributed by atoms with Crippen LogP contribution in [0.4, 0.5) is 0 Å². The Hall–Kier alpha value is -2.21. The molecule has 6 heteroatoms. The normalized spacial score (nSPS) is 12.6. The zero-order chi connectivity index (χ0) is 16.7. The Labute approximate surface area is 136 Å². The number of amides is 1. The maximum absolute atomic E-state index is 12.9. The zero-order valence-corrected chi connectivity index (χ0v) is 13.8. The van der Waals surface area contributed by atoms with Gasteiger partial charge in [-0.3, -0.25) is 9.78 Å². The predicted octanol–water partition coefficient (Wildman–Crippen LogP) is 2.51. The number of benzene rings is 1. The molecule has 0 spiro atoms. The minimum Gasteiger partial charge on any atom is -0.354 e. The quantitative estimate of drug-likeness (QED) is 0.845. The number of carbonyl (C=O) groups excluding carboxylic acids is 1. The van der Waals surface area contributed by atoms with Crippen molar-refractivity contribution in [2.75, 3.05) is 6.54 Å². The summed E-state index contributed by atoms with van der Waals surface area (Å²) in [5.41, 5.74) is 0.563. The summed E-state index contributed by atoms with van der Waals surface area (Å²) in [6.45, 7) is 1.93. The number of carbonyl (C=O) groups is 1. The lowest BCUT2D eigenvalue weighted by atomic mass is 10.2. The predicted molar refractivity (Wildman–Crippen MR) is 88.5 cm³/mol. The number of nitrogens with zero attached hydrogens (tertiary/aromatic N) is 1. The van der Waals surface area contributed by atoms with Crippen LogP contribution in [-0.4, -0.2) is 25.9 Å². The van der Waals surface area contributed by atoms with Gasteiger partial charge in [-0.2, -0.15) is 0 Å². The zero-order valence-electron chi connectivity index (χ0n) is 13.0. The summed E-state index contributed by atoms with van der Waals surface area (Å²) in [4.78, 5) is 16.0. The first kappa shape index (κ1) is 17.1. The Morgan fingerprint density at radius 2 is 1.91 bits per heavy atom. The van der Waals surface area contributed by atoms with E-state index in [1.807, 2.05) is 6.92 Å². The molecule has 0 radical (unpaired) electrons. The lowest BCUT2D eigenvalue weighted by molar-refractivity contribution is -0.121. The van der Waals surface area contributed by atoms with E-state index >= 15 is 0 Å². The van der Waals surface area contributed by atoms with Crippen LogP contribution in [0.25, 0.3) is 0 Å². The third-order valence-corrected chi connectivity index (χ3v) is 5.58. The van der Waals surface area contributed by atoms with Gasteiger partial charge in [-0.25, -0.2) is 8.42 Å². The minimum atomic E-state index is -3.62. The third-order valence-electron chi connectivity index (χ3n) is 3.46. The Balaban J connectivity index is 2.32. The summed E-state index contributed by atoms with van der Waals surface area (Å²) < 4.78 is 25.8. The van der Waals surface area contributed by atoms with Gasteiger partial charge in [-0.05, 0) is 30.2 Å². The molecule has 122 valence electrons. The van der Waals surface area contributed by atoms with Crippen LogP contribution in [-0.2, 0) is 14.6 Å². The first-order valence-electron chi connectivity index (χ1n) is 7.51. The fourth-order valence-corrected chi connectivity index (χ4v) is 3.94. The first-order valence-corrected chi connectivity index (χ1v) is 9.06. The lowest BCUT2D eigenvalue weighted by Crippen LogP contribution is -2.31. The molecule has 1 amide bonds. The van der Waals surface area contributed by atoms with Gasteiger partial charge in [-0.1, -0.05) is 31.2 Å². The van der Waals surface area contributed by atoms with Crippen molar-refractivity contribution in [2.45, 2.75) is 29.9 Å². The average Bonchev–Trinajstić information content (AvgIpc) is 2.57. The lowest BCUT2D eigenvalue weighted by Gasteiger charge is -2.18. The van der Waals surface area contributed by atoms with Crippen molar-refractivity contribution in [2.24, 2.45) is 0 Å². The van der Waals surface area contributed by atoms with E-state index in [4.69, 9.17) is 0 Å². The first-order chi connectivity index (χ1) is 11.1. The molecule has 0 bridgehead atoms. The number of hydrogen-bond donors (Lipinski definition) is 1. The molecule has 0 fully saturated rings. The number of rotatable bonds is 7. The number of aromatic nitrogens is 1. The van der Waals surface area contributed by atoms with E-state index in [0.29, 0.717) is 12.0 Å². The Morgan fingerprint density at radius 1 is 1.17 bits per heavy atom. The highest BCUT2D eigenvalue weighted by atomic mass is 32.2. The highest BCUT2D eigenvalue weighted by molar-refractivity contribution is 7.91. The highest BCUT2D eigenvalue weighted by Crippen LogP contribution is 2.27. The third kappa shape index (κ3) is 4.39. The summed E-state index contributed by atoms with van der Waals surface area (Å²) >= 11 is 0. The van der Waals surface area contributed by atoms with Gasteiger partial charge >= 0.3 is 0 Å². The second-order valence-corrected chi connectivity index (χ2v) is 7.32. The average molecular weight is 332 g/mol. The molecule has 0 saturated heterocycles. The Kier molecular flexibility index (Phi) is 5.87. The molecule has 1 unspecified atom stereocenters. The SMILES string of the molecule is CCCC(=O)NCC(c1cccnc1)S(=O)(=O)c1ccccc1. The molecule has 1 heterocycles. The van der Waals surface area contributed by atoms with Gasteiger partial charge < -0.3 is 5.32 Å². The molecule has 0 saturated carbocycles. The van der Waals surface area contributed by atoms with E-state index < -0.39 is 15.1 Å². The van der Waals surface area contributed by atoms with E-state index in [-0.39, 0.29) is 17.3 Å². The molecule has 0 aliphatic rings. The topological polar surface area (TPSA) is 76.1 Å². The standard InChI is InChI=1S/C17H20N2O3S/c1-2-7-17(20)19-13-16(14-8-6-11-18-12-14)23(21,22)15-9-4-3-5-10-15/h3-6,8-12,16H,2,7,13H2,1H3,(H,19,20). The summed E-state index contributed by atoms with van der Waals surface area (Å²) in [6, 6.07) is 11.7. The van der Waals surface area contributed by atoms with E-state index in [1.54, 1.807) is 48.7 Å². The molecule has 1 atom stereocenters. The molecular weight excluding hydrogens is 312 g/mol. The van der Waals surface area contributed by atoms with Gasteiger partial charge in [0, 0.05) is 25.4 Å². The van der Waals surface area contributed by atoms with E-state index in [0.717, 1.165) is 6.42 Å². The summed E-state index contributed by atoms with van der Waals surface area (Å²) in [6.07, 6.45) is 4.21. The molecule has 5 nitrogen and oxygen atoms in total. The van der Waals surface area contributed by atoms with Crippen LogP contribution in [0.2, 0.25) is 0 Å². The van der Waals surface area contributed by atoms with E-state index in [2.05, 4.69) is 10.3 Å². The van der Waals surface area contributed by atoms with Crippen molar-refractivity contribution < 1.29 is 13.2 Å². The molecule has 1 aromatic heterocycles. The molecule has 0 aliphatic carbocycles. The summed E-state index contributed by atoms with van der Waals surface area (Å²) in [5.74, 6) is -0.148. The number of hydrogen-bond acceptors (Lipinski definition) is 4. The van der Waals surface area contributed by atoms with Crippen LogP contribution in [0.5, 0.6) is 0 Å². The maximum Gasteiger partial charge on any atom is 0.220 e. The summed E-state index contributed by atoms with van der Waals surface area (Å²) in [7, 11) is -3.62. The van der Waals surface area contributed by atoms with Gasteiger partial charge in [0.25, 0.3) is 0 Å². The van der Waals surface area contributed by atoms with Gasteiger partial charge in [-0.15, -0.1) is 0 Å². The fourth-order valence-electron chi connectivity index (χ4n) is 2.27. The van der Waals surface area contributed by atoms with Gasteiger partial charge in [0.2, 0.25) is 5.91 Å². The molecule has 1 N–H and O–H groups in total. The van der Waals surface area contributed by atoms with Gasteiger partial charge in [0.05, 0.1) is 4.90 Å². The molecule has 2 aromatic rings. The Morgan fingerprint density at radius 3 is 2.52 bits per heavy atom. The fraction of sp³-hybridized carbons (Fsp3) is 0.294. The second kappa shape index (κ2) is 7.87. The van der Waals surface area contributed by atoms with Gasteiger partial charge in [0.15, 0.2) is 9.84 Å². The number of nitrogens with one attached hydrogen (secondary N) is 1. The van der Waals surface area contributed by atoms with Crippen LogP contribution in [0.1, 0.15) is 30.6 Å². The summed E-state index contributed by atoms with van der Waals surface area (Å²) in [5, 5.41) is 1.85. The van der Waals surface area contributed by atoms with Crippen LogP contribution < -0.4 is 5.32 Å². The minimum absolute atomic E-state index is 0.0295. The molecular formula is C17H20N2O3S. The number of pyridine rings is 1. The van der Waals surface area contributed by atoms with Crippen molar-refractivity contribution in [3.05, 3.63) is 60.4 Å². The van der Waals surface area contributed by atoms with Crippen LogP contribution in [0, 0.1) is 0 Å². The van der Waals surface area contributed by atoms with Crippen molar-refractivity contribution in [1.82, 2.24) is 10.3 Å². The number of sulfone groups is 1. The van der Waals surface area contributed by atoms with Crippen molar-refractivity contribution in [1.29, 1.82) is 0 Å². The van der Waals surface area contributed by atoms with E-state index in [9.17, 15) is 13.2 Å². The van der Waals surface area contributed by atoms with E-state index in [1.165, 1.54) is 6.20 Å². The van der Waals surface area contributed by atoms with Crippen molar-refractivity contribution >= 4 is 15.7 Å². The second-order valence-electron chi connectivity index (χ2n) is 5.19. The van der Waals surface area contributed by atoms with Crippen molar-refractivity contribution in [3.8, 4) is 0 Å². The van der Waals surface area contributed by atoms with Crippen molar-refractivity contribution in [3.63, 3.8) is 0 Å². The molecule has 1 aromatic carbocycles. The van der Waals surface area contributed by atoms with Gasteiger partial charge in [0.1, 0.15) is 5.25 Å². The van der Waals surface area contributed by atoms with Crippen LogP contribution >= 0.6 is 0 Å². The smallest absolute Gasteiger partial charge is 0.220 e. The largest absolute Gasteiger partial charge is 0.354 e. The highest BCUT2D eigenvalue weighted by Gasteiger charge is 2.29. The monoisotopic (exact) mass is 332 g/mol. The molecule has 2 rings (SSSR count).